The fourth-order valence-electron chi connectivity index (χ4n) is 3.25. The number of halogens is 1. The summed E-state index contributed by atoms with van der Waals surface area (Å²) >= 11 is 0. The average molecular weight is 381 g/mol. The number of carbonyl (C=O) groups is 2. The first-order valence-electron chi connectivity index (χ1n) is 9.08. The summed E-state index contributed by atoms with van der Waals surface area (Å²) in [6.45, 7) is 3.05. The Kier molecular flexibility index (Phi) is 4.68. The lowest BCUT2D eigenvalue weighted by Gasteiger charge is -2.19. The lowest BCUT2D eigenvalue weighted by molar-refractivity contribution is -0.122. The van der Waals surface area contributed by atoms with E-state index in [0.29, 0.717) is 19.0 Å². The van der Waals surface area contributed by atoms with E-state index in [1.807, 2.05) is 28.8 Å². The number of nitrogens with one attached hydrogen (secondary N) is 2. The van der Waals surface area contributed by atoms with Crippen molar-refractivity contribution in [3.63, 3.8) is 0 Å². The molecular formula is C20H20FN5O2. The molecule has 1 aliphatic heterocycles. The highest BCUT2D eigenvalue weighted by Gasteiger charge is 2.29. The van der Waals surface area contributed by atoms with Gasteiger partial charge in [0.25, 0.3) is 0 Å². The van der Waals surface area contributed by atoms with Gasteiger partial charge < -0.3 is 15.2 Å². The third-order valence-electron chi connectivity index (χ3n) is 4.78. The van der Waals surface area contributed by atoms with E-state index < -0.39 is 6.04 Å². The van der Waals surface area contributed by atoms with Crippen molar-refractivity contribution in [3.8, 4) is 0 Å². The van der Waals surface area contributed by atoms with Crippen molar-refractivity contribution in [3.05, 3.63) is 59.9 Å². The summed E-state index contributed by atoms with van der Waals surface area (Å²) in [5.74, 6) is -0.0599. The number of rotatable bonds is 4. The highest BCUT2D eigenvalue weighted by Crippen LogP contribution is 2.27. The number of anilines is 1. The molecule has 4 rings (SSSR count). The Balaban J connectivity index is 1.37. The topological polar surface area (TPSA) is 79.3 Å². The maximum atomic E-state index is 12.9. The normalized spacial score (nSPS) is 14.0. The summed E-state index contributed by atoms with van der Waals surface area (Å²) in [7, 11) is 0. The summed E-state index contributed by atoms with van der Waals surface area (Å²) in [6, 6.07) is 12.5. The molecule has 0 saturated heterocycles. The third kappa shape index (κ3) is 3.40. The van der Waals surface area contributed by atoms with E-state index in [-0.39, 0.29) is 24.3 Å². The number of carbonyl (C=O) groups excluding carboxylic acids is 2. The zero-order chi connectivity index (χ0) is 19.7. The first-order valence-corrected chi connectivity index (χ1v) is 9.08. The zero-order valence-corrected chi connectivity index (χ0v) is 15.4. The highest BCUT2D eigenvalue weighted by molar-refractivity contribution is 5.96. The fraction of sp³-hybridized carbons (Fsp3) is 0.250. The van der Waals surface area contributed by atoms with Gasteiger partial charge >= 0.3 is 6.03 Å². The van der Waals surface area contributed by atoms with E-state index in [9.17, 15) is 14.0 Å². The summed E-state index contributed by atoms with van der Waals surface area (Å²) < 4.78 is 14.9. The van der Waals surface area contributed by atoms with Gasteiger partial charge in [-0.15, -0.1) is 0 Å². The van der Waals surface area contributed by atoms with Crippen LogP contribution in [-0.2, 0) is 17.9 Å². The third-order valence-corrected chi connectivity index (χ3v) is 4.78. The minimum absolute atomic E-state index is 0.263. The molecule has 2 heterocycles. The van der Waals surface area contributed by atoms with Crippen LogP contribution < -0.4 is 15.5 Å². The van der Waals surface area contributed by atoms with Crippen molar-refractivity contribution >= 4 is 28.9 Å². The molecule has 0 unspecified atom stereocenters. The quantitative estimate of drug-likeness (QED) is 0.728. The van der Waals surface area contributed by atoms with Crippen LogP contribution in [0.15, 0.2) is 48.5 Å². The number of nitrogens with zero attached hydrogens (tertiary/aromatic N) is 3. The number of aromatic nitrogens is 2. The molecule has 1 aliphatic rings. The van der Waals surface area contributed by atoms with Gasteiger partial charge in [-0.3, -0.25) is 9.69 Å². The Hall–Kier alpha value is -3.42. The van der Waals surface area contributed by atoms with Crippen molar-refractivity contribution in [1.82, 2.24) is 20.2 Å². The number of para-hydroxylation sites is 2. The van der Waals surface area contributed by atoms with Crippen LogP contribution >= 0.6 is 0 Å². The van der Waals surface area contributed by atoms with Crippen molar-refractivity contribution < 1.29 is 14.0 Å². The van der Waals surface area contributed by atoms with E-state index in [1.165, 1.54) is 12.1 Å². The lowest BCUT2D eigenvalue weighted by Crippen LogP contribution is -2.49. The smallest absolute Gasteiger partial charge is 0.324 e. The Morgan fingerprint density at radius 3 is 2.68 bits per heavy atom. The van der Waals surface area contributed by atoms with Gasteiger partial charge in [0.1, 0.15) is 11.9 Å². The van der Waals surface area contributed by atoms with Gasteiger partial charge in [-0.25, -0.2) is 14.2 Å². The zero-order valence-electron chi connectivity index (χ0n) is 15.4. The van der Waals surface area contributed by atoms with Gasteiger partial charge in [0.15, 0.2) is 0 Å². The van der Waals surface area contributed by atoms with Crippen LogP contribution in [0.2, 0.25) is 0 Å². The number of imidazole rings is 1. The van der Waals surface area contributed by atoms with Gasteiger partial charge in [-0.2, -0.15) is 0 Å². The van der Waals surface area contributed by atoms with Crippen molar-refractivity contribution in [2.45, 2.75) is 26.1 Å². The molecule has 8 heteroatoms. The molecule has 0 fully saturated rings. The minimum atomic E-state index is -0.716. The number of hydrogen-bond donors (Lipinski definition) is 2. The number of amides is 3. The monoisotopic (exact) mass is 381 g/mol. The molecule has 1 aromatic heterocycles. The van der Waals surface area contributed by atoms with E-state index >= 15 is 0 Å². The predicted octanol–water partition coefficient (Wildman–Crippen LogP) is 2.41. The molecule has 0 saturated carbocycles. The van der Waals surface area contributed by atoms with Crippen LogP contribution in [0.25, 0.3) is 11.0 Å². The van der Waals surface area contributed by atoms with Crippen molar-refractivity contribution in [2.24, 2.45) is 0 Å². The molecule has 0 radical (unpaired) electrons. The molecule has 3 amide bonds. The van der Waals surface area contributed by atoms with Crippen molar-refractivity contribution in [2.75, 3.05) is 11.4 Å². The second kappa shape index (κ2) is 7.30. The Labute approximate surface area is 161 Å². The number of hydrogen-bond acceptors (Lipinski definition) is 3. The number of benzene rings is 2. The van der Waals surface area contributed by atoms with Gasteiger partial charge in [0.05, 0.1) is 11.0 Å². The highest BCUT2D eigenvalue weighted by atomic mass is 19.1. The first-order chi connectivity index (χ1) is 13.5. The molecular weight excluding hydrogens is 361 g/mol. The van der Waals surface area contributed by atoms with Gasteiger partial charge in [-0.1, -0.05) is 24.3 Å². The van der Waals surface area contributed by atoms with Crippen LogP contribution in [0.3, 0.4) is 0 Å². The summed E-state index contributed by atoms with van der Waals surface area (Å²) in [5.41, 5.74) is 2.60. The first kappa shape index (κ1) is 18.0. The Morgan fingerprint density at radius 2 is 1.89 bits per heavy atom. The van der Waals surface area contributed by atoms with E-state index in [2.05, 4.69) is 15.6 Å². The standard InChI is InChI=1S/C20H20FN5O2/c1-13(18(27)22-12-14-6-8-15(21)9-7-14)23-20(28)26-11-10-25-17-5-3-2-4-16(17)24-19(25)26/h2-9,13H,10-12H2,1H3,(H,22,27)(H,23,28)/t13-/m0/s1. The maximum Gasteiger partial charge on any atom is 0.324 e. The van der Waals surface area contributed by atoms with Crippen molar-refractivity contribution in [1.29, 1.82) is 0 Å². The molecule has 0 aliphatic carbocycles. The van der Waals surface area contributed by atoms with E-state index in [0.717, 1.165) is 16.6 Å². The fourth-order valence-corrected chi connectivity index (χ4v) is 3.25. The summed E-state index contributed by atoms with van der Waals surface area (Å²) in [6.07, 6.45) is 0. The molecule has 2 aromatic carbocycles. The van der Waals surface area contributed by atoms with Gasteiger partial charge in [0, 0.05) is 19.6 Å². The average Bonchev–Trinajstić information content (AvgIpc) is 3.26. The van der Waals surface area contributed by atoms with Gasteiger partial charge in [0.2, 0.25) is 11.9 Å². The molecule has 3 aromatic rings. The SMILES string of the molecule is C[C@H](NC(=O)N1CCn2c1nc1ccccc12)C(=O)NCc1ccc(F)cc1. The van der Waals surface area contributed by atoms with Crippen LogP contribution in [0.4, 0.5) is 15.1 Å². The van der Waals surface area contributed by atoms with E-state index in [4.69, 9.17) is 0 Å². The molecule has 28 heavy (non-hydrogen) atoms. The maximum absolute atomic E-state index is 12.9. The Bertz CT molecular complexity index is 1030. The van der Waals surface area contributed by atoms with Crippen LogP contribution in [0.5, 0.6) is 0 Å². The van der Waals surface area contributed by atoms with E-state index in [1.54, 1.807) is 24.0 Å². The molecule has 144 valence electrons. The number of fused-ring (bicyclic) bond motifs is 3. The summed E-state index contributed by atoms with van der Waals surface area (Å²) in [4.78, 5) is 31.0. The number of urea groups is 1. The van der Waals surface area contributed by atoms with Crippen LogP contribution in [-0.4, -0.2) is 34.1 Å². The lowest BCUT2D eigenvalue weighted by atomic mass is 10.2. The van der Waals surface area contributed by atoms with Crippen LogP contribution in [0, 0.1) is 5.82 Å². The molecule has 7 nitrogen and oxygen atoms in total. The van der Waals surface area contributed by atoms with Gasteiger partial charge in [-0.05, 0) is 36.8 Å². The van der Waals surface area contributed by atoms with Crippen LogP contribution in [0.1, 0.15) is 12.5 Å². The molecule has 1 atom stereocenters. The molecule has 0 spiro atoms. The molecule has 2 N–H and O–H groups in total. The second-order valence-corrected chi connectivity index (χ2v) is 6.72. The largest absolute Gasteiger partial charge is 0.350 e. The Morgan fingerprint density at radius 1 is 1.14 bits per heavy atom. The predicted molar refractivity (Wildman–Crippen MR) is 103 cm³/mol. The second-order valence-electron chi connectivity index (χ2n) is 6.72. The minimum Gasteiger partial charge on any atom is -0.350 e. The summed E-state index contributed by atoms with van der Waals surface area (Å²) in [5, 5.41) is 5.45. The molecule has 0 bridgehead atoms.